The molecule has 0 aliphatic carbocycles. The van der Waals surface area contributed by atoms with Gasteiger partial charge in [0, 0.05) is 6.42 Å². The van der Waals surface area contributed by atoms with E-state index in [4.69, 9.17) is 11.6 Å². The molecule has 1 unspecified atom stereocenters. The first kappa shape index (κ1) is 14.9. The van der Waals surface area contributed by atoms with Gasteiger partial charge in [0.2, 0.25) is 0 Å². The summed E-state index contributed by atoms with van der Waals surface area (Å²) in [4.78, 5) is 0. The van der Waals surface area contributed by atoms with Gasteiger partial charge in [0.05, 0.1) is 11.1 Å². The summed E-state index contributed by atoms with van der Waals surface area (Å²) >= 11 is 5.64. The van der Waals surface area contributed by atoms with E-state index in [-0.39, 0.29) is 23.4 Å². The van der Waals surface area contributed by atoms with Gasteiger partial charge in [-0.15, -0.1) is 0 Å². The average molecular weight is 301 g/mol. The molecule has 20 heavy (non-hydrogen) atoms. The minimum Gasteiger partial charge on any atom is -0.392 e. The Bertz CT molecular complexity index is 616. The van der Waals surface area contributed by atoms with Crippen LogP contribution in [0.5, 0.6) is 0 Å². The molecule has 5 heteroatoms. The summed E-state index contributed by atoms with van der Waals surface area (Å²) in [6, 6.07) is 7.92. The lowest BCUT2D eigenvalue weighted by Gasteiger charge is -2.12. The van der Waals surface area contributed by atoms with Crippen molar-refractivity contribution in [1.82, 2.24) is 0 Å². The van der Waals surface area contributed by atoms with Crippen LogP contribution in [-0.4, -0.2) is 11.2 Å². The Balaban J connectivity index is 2.07. The average Bonchev–Trinajstić information content (AvgIpc) is 2.39. The molecule has 0 spiro atoms. The van der Waals surface area contributed by atoms with Gasteiger partial charge in [0.1, 0.15) is 5.82 Å². The Hall–Kier alpha value is -1.52. The standard InChI is InChI=1S/C15H12ClF3O/c16-12-7-9(4-5-13(12)17)6-11(20)8-10-2-1-3-14(18)15(10)19/h1-5,7,11,20H,6,8H2. The largest absolute Gasteiger partial charge is 0.392 e. The van der Waals surface area contributed by atoms with Gasteiger partial charge in [-0.25, -0.2) is 13.2 Å². The van der Waals surface area contributed by atoms with Crippen molar-refractivity contribution >= 4 is 11.6 Å². The number of halogens is 4. The van der Waals surface area contributed by atoms with Crippen LogP contribution in [-0.2, 0) is 12.8 Å². The zero-order chi connectivity index (χ0) is 14.7. The summed E-state index contributed by atoms with van der Waals surface area (Å²) in [5, 5.41) is 9.87. The molecule has 0 saturated heterocycles. The predicted molar refractivity (Wildman–Crippen MR) is 71.2 cm³/mol. The lowest BCUT2D eigenvalue weighted by molar-refractivity contribution is 0.174. The molecule has 106 valence electrons. The van der Waals surface area contributed by atoms with Gasteiger partial charge < -0.3 is 5.11 Å². The second-order valence-electron chi connectivity index (χ2n) is 4.52. The van der Waals surface area contributed by atoms with Crippen LogP contribution >= 0.6 is 11.6 Å². The second-order valence-corrected chi connectivity index (χ2v) is 4.93. The minimum atomic E-state index is -0.955. The molecule has 0 heterocycles. The smallest absolute Gasteiger partial charge is 0.162 e. The van der Waals surface area contributed by atoms with Gasteiger partial charge in [-0.2, -0.15) is 0 Å². The predicted octanol–water partition coefficient (Wildman–Crippen LogP) is 3.90. The van der Waals surface area contributed by atoms with Crippen molar-refractivity contribution in [3.8, 4) is 0 Å². The van der Waals surface area contributed by atoms with Crippen LogP contribution in [0.25, 0.3) is 0 Å². The highest BCUT2D eigenvalue weighted by Gasteiger charge is 2.13. The normalized spacial score (nSPS) is 12.4. The lowest BCUT2D eigenvalue weighted by Crippen LogP contribution is -2.15. The molecule has 1 atom stereocenters. The van der Waals surface area contributed by atoms with E-state index in [0.29, 0.717) is 5.56 Å². The van der Waals surface area contributed by atoms with Crippen LogP contribution in [0.2, 0.25) is 5.02 Å². The summed E-state index contributed by atoms with van der Waals surface area (Å²) in [6.45, 7) is 0. The quantitative estimate of drug-likeness (QED) is 0.908. The summed E-state index contributed by atoms with van der Waals surface area (Å²) < 4.78 is 39.5. The highest BCUT2D eigenvalue weighted by molar-refractivity contribution is 6.30. The summed E-state index contributed by atoms with van der Waals surface area (Å²) in [5.41, 5.74) is 0.728. The number of hydrogen-bond acceptors (Lipinski definition) is 1. The highest BCUT2D eigenvalue weighted by atomic mass is 35.5. The van der Waals surface area contributed by atoms with Gasteiger partial charge in [-0.1, -0.05) is 29.8 Å². The van der Waals surface area contributed by atoms with Crippen LogP contribution in [0.3, 0.4) is 0 Å². The Morgan fingerprint density at radius 1 is 1.00 bits per heavy atom. The Morgan fingerprint density at radius 2 is 1.75 bits per heavy atom. The zero-order valence-corrected chi connectivity index (χ0v) is 11.2. The van der Waals surface area contributed by atoms with Gasteiger partial charge >= 0.3 is 0 Å². The molecule has 0 aliphatic heterocycles. The topological polar surface area (TPSA) is 20.2 Å². The SMILES string of the molecule is OC(Cc1ccc(F)c(Cl)c1)Cc1cccc(F)c1F. The molecule has 0 aliphatic rings. The number of aliphatic hydroxyl groups excluding tert-OH is 1. The Morgan fingerprint density at radius 3 is 2.45 bits per heavy atom. The molecular formula is C15H12ClF3O. The number of rotatable bonds is 4. The molecule has 0 amide bonds. The van der Waals surface area contributed by atoms with Crippen LogP contribution in [0.4, 0.5) is 13.2 Å². The first-order chi connectivity index (χ1) is 9.47. The number of hydrogen-bond donors (Lipinski definition) is 1. The van der Waals surface area contributed by atoms with Crippen LogP contribution in [0, 0.1) is 17.5 Å². The maximum Gasteiger partial charge on any atom is 0.162 e. The third kappa shape index (κ3) is 3.52. The zero-order valence-electron chi connectivity index (χ0n) is 10.4. The Kier molecular flexibility index (Phi) is 4.68. The van der Waals surface area contributed by atoms with E-state index in [1.165, 1.54) is 30.3 Å². The van der Waals surface area contributed by atoms with Crippen molar-refractivity contribution in [3.63, 3.8) is 0 Å². The highest BCUT2D eigenvalue weighted by Crippen LogP contribution is 2.19. The third-order valence-electron chi connectivity index (χ3n) is 2.94. The van der Waals surface area contributed by atoms with Crippen molar-refractivity contribution in [2.45, 2.75) is 18.9 Å². The Labute approximate surface area is 119 Å². The fraction of sp³-hybridized carbons (Fsp3) is 0.200. The number of benzene rings is 2. The second kappa shape index (κ2) is 6.29. The van der Waals surface area contributed by atoms with Crippen molar-refractivity contribution in [1.29, 1.82) is 0 Å². The van der Waals surface area contributed by atoms with E-state index in [2.05, 4.69) is 0 Å². The lowest BCUT2D eigenvalue weighted by atomic mass is 10.0. The fourth-order valence-electron chi connectivity index (χ4n) is 1.97. The molecule has 0 saturated carbocycles. The van der Waals surface area contributed by atoms with E-state index in [9.17, 15) is 18.3 Å². The molecule has 2 rings (SSSR count). The molecule has 0 radical (unpaired) electrons. The molecule has 0 bridgehead atoms. The third-order valence-corrected chi connectivity index (χ3v) is 3.23. The van der Waals surface area contributed by atoms with Crippen molar-refractivity contribution in [2.75, 3.05) is 0 Å². The van der Waals surface area contributed by atoms with E-state index in [1.54, 1.807) is 0 Å². The van der Waals surface area contributed by atoms with Crippen LogP contribution < -0.4 is 0 Å². The molecule has 1 N–H and O–H groups in total. The van der Waals surface area contributed by atoms with E-state index >= 15 is 0 Å². The molecule has 1 nitrogen and oxygen atoms in total. The van der Waals surface area contributed by atoms with Crippen molar-refractivity contribution in [2.24, 2.45) is 0 Å². The maximum absolute atomic E-state index is 13.5. The van der Waals surface area contributed by atoms with E-state index in [0.717, 1.165) is 6.07 Å². The summed E-state index contributed by atoms with van der Waals surface area (Å²) in [7, 11) is 0. The fourth-order valence-corrected chi connectivity index (χ4v) is 2.17. The number of aliphatic hydroxyl groups is 1. The van der Waals surface area contributed by atoms with Crippen LogP contribution in [0.15, 0.2) is 36.4 Å². The minimum absolute atomic E-state index is 0.0292. The van der Waals surface area contributed by atoms with Gasteiger partial charge in [0.15, 0.2) is 11.6 Å². The first-order valence-electron chi connectivity index (χ1n) is 6.02. The summed E-state index contributed by atoms with van der Waals surface area (Å²) in [6.07, 6.45) is -0.762. The van der Waals surface area contributed by atoms with Gasteiger partial charge in [0.25, 0.3) is 0 Å². The molecule has 2 aromatic carbocycles. The molecule has 0 aromatic heterocycles. The van der Waals surface area contributed by atoms with Crippen molar-refractivity contribution in [3.05, 3.63) is 70.0 Å². The van der Waals surface area contributed by atoms with Gasteiger partial charge in [-0.05, 0) is 35.7 Å². The monoisotopic (exact) mass is 300 g/mol. The molecular weight excluding hydrogens is 289 g/mol. The summed E-state index contributed by atoms with van der Waals surface area (Å²) in [5.74, 6) is -2.44. The van der Waals surface area contributed by atoms with Crippen molar-refractivity contribution < 1.29 is 18.3 Å². The molecule has 0 fully saturated rings. The van der Waals surface area contributed by atoms with Gasteiger partial charge in [-0.3, -0.25) is 0 Å². The van der Waals surface area contributed by atoms with E-state index in [1.807, 2.05) is 0 Å². The first-order valence-corrected chi connectivity index (χ1v) is 6.40. The maximum atomic E-state index is 13.5. The van der Waals surface area contributed by atoms with Crippen LogP contribution in [0.1, 0.15) is 11.1 Å². The molecule has 2 aromatic rings. The van der Waals surface area contributed by atoms with E-state index < -0.39 is 23.6 Å².